The molecule has 30 heavy (non-hydrogen) atoms. The Morgan fingerprint density at radius 2 is 1.77 bits per heavy atom. The lowest BCUT2D eigenvalue weighted by Gasteiger charge is -2.14. The molecule has 5 nitrogen and oxygen atoms in total. The molecule has 0 saturated carbocycles. The zero-order chi connectivity index (χ0) is 21.5. The van der Waals surface area contributed by atoms with E-state index in [1.165, 1.54) is 11.3 Å². The SMILES string of the molecule is CCOC(=O)c1c(-c2ccccc2Cl)csc1NC(=O)C[NH+](C)Cc1ccccc1. The van der Waals surface area contributed by atoms with Gasteiger partial charge in [-0.2, -0.15) is 0 Å². The molecule has 1 unspecified atom stereocenters. The number of likely N-dealkylation sites (N-methyl/N-ethyl adjacent to an activating group) is 1. The van der Waals surface area contributed by atoms with Gasteiger partial charge in [0, 0.05) is 27.1 Å². The molecule has 1 heterocycles. The van der Waals surface area contributed by atoms with Crippen LogP contribution in [0.2, 0.25) is 5.02 Å². The Labute approximate surface area is 185 Å². The van der Waals surface area contributed by atoms with Crippen molar-refractivity contribution in [2.75, 3.05) is 25.5 Å². The third-order valence-electron chi connectivity index (χ3n) is 4.50. The van der Waals surface area contributed by atoms with Crippen molar-refractivity contribution in [1.29, 1.82) is 0 Å². The normalized spacial score (nSPS) is 11.7. The van der Waals surface area contributed by atoms with Crippen LogP contribution in [0.25, 0.3) is 11.1 Å². The molecular weight excluding hydrogens is 420 g/mol. The number of amides is 1. The standard InChI is InChI=1S/C23H23ClN2O3S/c1-3-29-23(28)21-18(17-11-7-8-12-19(17)24)15-30-22(21)25-20(27)14-26(2)13-16-9-5-4-6-10-16/h4-12,15H,3,13-14H2,1-2H3,(H,25,27)/p+1. The van der Waals surface area contributed by atoms with E-state index in [1.807, 2.05) is 61.0 Å². The number of benzene rings is 2. The van der Waals surface area contributed by atoms with Gasteiger partial charge in [-0.05, 0) is 13.0 Å². The smallest absolute Gasteiger partial charge is 0.341 e. The Morgan fingerprint density at radius 1 is 1.07 bits per heavy atom. The molecule has 1 atom stereocenters. The number of nitrogens with one attached hydrogen (secondary N) is 2. The fraction of sp³-hybridized carbons (Fsp3) is 0.217. The molecule has 7 heteroatoms. The van der Waals surface area contributed by atoms with Crippen LogP contribution in [0.5, 0.6) is 0 Å². The van der Waals surface area contributed by atoms with Crippen molar-refractivity contribution in [3.05, 3.63) is 76.1 Å². The molecule has 2 N–H and O–H groups in total. The largest absolute Gasteiger partial charge is 0.462 e. The third kappa shape index (κ3) is 5.48. The molecular formula is C23H24ClN2O3S+. The van der Waals surface area contributed by atoms with Crippen LogP contribution in [0.3, 0.4) is 0 Å². The van der Waals surface area contributed by atoms with Crippen LogP contribution in [-0.2, 0) is 16.1 Å². The van der Waals surface area contributed by atoms with Gasteiger partial charge in [-0.15, -0.1) is 11.3 Å². The Balaban J connectivity index is 1.79. The summed E-state index contributed by atoms with van der Waals surface area (Å²) in [6, 6.07) is 17.3. The number of carbonyl (C=O) groups excluding carboxylic acids is 2. The molecule has 0 radical (unpaired) electrons. The highest BCUT2D eigenvalue weighted by Gasteiger charge is 2.24. The number of hydrogen-bond acceptors (Lipinski definition) is 4. The average Bonchev–Trinajstić information content (AvgIpc) is 3.12. The molecule has 1 amide bonds. The van der Waals surface area contributed by atoms with Crippen molar-refractivity contribution < 1.29 is 19.2 Å². The highest BCUT2D eigenvalue weighted by molar-refractivity contribution is 7.15. The van der Waals surface area contributed by atoms with Gasteiger partial charge in [-0.3, -0.25) is 4.79 Å². The van der Waals surface area contributed by atoms with E-state index in [1.54, 1.807) is 13.0 Å². The van der Waals surface area contributed by atoms with Crippen LogP contribution in [0.4, 0.5) is 5.00 Å². The molecule has 2 aromatic carbocycles. The summed E-state index contributed by atoms with van der Waals surface area (Å²) >= 11 is 7.63. The minimum Gasteiger partial charge on any atom is -0.462 e. The Kier molecular flexibility index (Phi) is 7.63. The van der Waals surface area contributed by atoms with Crippen molar-refractivity contribution >= 4 is 39.8 Å². The number of thiophene rings is 1. The van der Waals surface area contributed by atoms with Crippen LogP contribution in [-0.4, -0.2) is 32.1 Å². The fourth-order valence-electron chi connectivity index (χ4n) is 3.19. The summed E-state index contributed by atoms with van der Waals surface area (Å²) in [7, 11) is 1.96. The van der Waals surface area contributed by atoms with Crippen molar-refractivity contribution in [3.8, 4) is 11.1 Å². The number of quaternary nitrogens is 1. The van der Waals surface area contributed by atoms with Crippen molar-refractivity contribution in [1.82, 2.24) is 0 Å². The summed E-state index contributed by atoms with van der Waals surface area (Å²) < 4.78 is 5.24. The van der Waals surface area contributed by atoms with Crippen LogP contribution in [0.15, 0.2) is 60.0 Å². The molecule has 0 aliphatic rings. The number of esters is 1. The second kappa shape index (κ2) is 10.4. The molecule has 0 spiro atoms. The minimum atomic E-state index is -0.478. The van der Waals surface area contributed by atoms with Gasteiger partial charge in [-0.1, -0.05) is 60.1 Å². The van der Waals surface area contributed by atoms with E-state index in [0.29, 0.717) is 21.2 Å². The summed E-state index contributed by atoms with van der Waals surface area (Å²) in [5, 5.41) is 5.72. The van der Waals surface area contributed by atoms with E-state index in [9.17, 15) is 9.59 Å². The summed E-state index contributed by atoms with van der Waals surface area (Å²) in [6.07, 6.45) is 0. The Morgan fingerprint density at radius 3 is 2.47 bits per heavy atom. The second-order valence-electron chi connectivity index (χ2n) is 6.90. The molecule has 0 aliphatic carbocycles. The molecule has 3 aromatic rings. The second-order valence-corrected chi connectivity index (χ2v) is 8.19. The summed E-state index contributed by atoms with van der Waals surface area (Å²) in [6.45, 7) is 3.00. The van der Waals surface area contributed by atoms with E-state index in [4.69, 9.17) is 16.3 Å². The molecule has 0 fully saturated rings. The van der Waals surface area contributed by atoms with Crippen molar-refractivity contribution in [2.45, 2.75) is 13.5 Å². The molecule has 0 bridgehead atoms. The summed E-state index contributed by atoms with van der Waals surface area (Å²) in [5.74, 6) is -0.643. The topological polar surface area (TPSA) is 59.8 Å². The first-order valence-electron chi connectivity index (χ1n) is 9.68. The predicted molar refractivity (Wildman–Crippen MR) is 121 cm³/mol. The molecule has 0 aliphatic heterocycles. The quantitative estimate of drug-likeness (QED) is 0.519. The van der Waals surface area contributed by atoms with E-state index in [2.05, 4.69) is 5.32 Å². The fourth-order valence-corrected chi connectivity index (χ4v) is 4.39. The molecule has 0 saturated heterocycles. The first-order chi connectivity index (χ1) is 14.5. The maximum Gasteiger partial charge on any atom is 0.341 e. The van der Waals surface area contributed by atoms with Gasteiger partial charge >= 0.3 is 5.97 Å². The summed E-state index contributed by atoms with van der Waals surface area (Å²) in [5.41, 5.74) is 2.88. The number of anilines is 1. The Bertz CT molecular complexity index is 1020. The number of carbonyl (C=O) groups is 2. The number of ether oxygens (including phenoxy) is 1. The van der Waals surface area contributed by atoms with Crippen molar-refractivity contribution in [2.24, 2.45) is 0 Å². The van der Waals surface area contributed by atoms with Crippen LogP contribution in [0.1, 0.15) is 22.8 Å². The van der Waals surface area contributed by atoms with Crippen LogP contribution < -0.4 is 10.2 Å². The van der Waals surface area contributed by atoms with Gasteiger partial charge in [0.05, 0.1) is 13.7 Å². The first-order valence-corrected chi connectivity index (χ1v) is 10.9. The van der Waals surface area contributed by atoms with Gasteiger partial charge in [-0.25, -0.2) is 4.79 Å². The van der Waals surface area contributed by atoms with E-state index in [0.717, 1.165) is 22.6 Å². The van der Waals surface area contributed by atoms with Gasteiger partial charge in [0.1, 0.15) is 17.1 Å². The highest BCUT2D eigenvalue weighted by Crippen LogP contribution is 2.39. The lowest BCUT2D eigenvalue weighted by atomic mass is 10.0. The Hall–Kier alpha value is -2.67. The monoisotopic (exact) mass is 443 g/mol. The average molecular weight is 444 g/mol. The molecule has 3 rings (SSSR count). The lowest BCUT2D eigenvalue weighted by Crippen LogP contribution is -3.08. The minimum absolute atomic E-state index is 0.165. The molecule has 156 valence electrons. The maximum atomic E-state index is 12.7. The van der Waals surface area contributed by atoms with Crippen LogP contribution in [0, 0.1) is 0 Å². The van der Waals surface area contributed by atoms with Gasteiger partial charge in [0.15, 0.2) is 6.54 Å². The molecule has 1 aromatic heterocycles. The first kappa shape index (κ1) is 22.0. The zero-order valence-electron chi connectivity index (χ0n) is 16.9. The van der Waals surface area contributed by atoms with Crippen molar-refractivity contribution in [3.63, 3.8) is 0 Å². The zero-order valence-corrected chi connectivity index (χ0v) is 18.5. The lowest BCUT2D eigenvalue weighted by molar-refractivity contribution is -0.885. The third-order valence-corrected chi connectivity index (χ3v) is 5.72. The highest BCUT2D eigenvalue weighted by atomic mass is 35.5. The van der Waals surface area contributed by atoms with Gasteiger partial charge < -0.3 is 15.0 Å². The van der Waals surface area contributed by atoms with Crippen LogP contribution >= 0.6 is 22.9 Å². The number of halogens is 1. The predicted octanol–water partition coefficient (Wildman–Crippen LogP) is 3.90. The summed E-state index contributed by atoms with van der Waals surface area (Å²) in [4.78, 5) is 26.4. The maximum absolute atomic E-state index is 12.7. The van der Waals surface area contributed by atoms with Gasteiger partial charge in [0.25, 0.3) is 5.91 Å². The van der Waals surface area contributed by atoms with E-state index < -0.39 is 5.97 Å². The van der Waals surface area contributed by atoms with E-state index in [-0.39, 0.29) is 19.1 Å². The number of hydrogen-bond donors (Lipinski definition) is 2. The van der Waals surface area contributed by atoms with E-state index >= 15 is 0 Å². The van der Waals surface area contributed by atoms with Gasteiger partial charge in [0.2, 0.25) is 0 Å². The number of rotatable bonds is 8.